The lowest BCUT2D eigenvalue weighted by atomic mass is 9.71. The van der Waals surface area contributed by atoms with Gasteiger partial charge in [0, 0.05) is 29.3 Å². The van der Waals surface area contributed by atoms with E-state index in [0.717, 1.165) is 36.9 Å². The number of carbonyl (C=O) groups excluding carboxylic acids is 2. The van der Waals surface area contributed by atoms with Gasteiger partial charge in [-0.2, -0.15) is 0 Å². The molecule has 8 nitrogen and oxygen atoms in total. The molecular weight excluding hydrogens is 498 g/mol. The van der Waals surface area contributed by atoms with Crippen molar-refractivity contribution in [3.05, 3.63) is 70.1 Å². The van der Waals surface area contributed by atoms with Crippen LogP contribution in [0.2, 0.25) is 0 Å². The van der Waals surface area contributed by atoms with Crippen LogP contribution in [0.5, 0.6) is 23.0 Å². The Bertz CT molecular complexity index is 1350. The molecule has 2 atom stereocenters. The SMILES string of the molecule is COc1cc(C2C(C(=O)OC3CCCC3)=C(C)NC3=C2C(=O)CC(c2ccc(OC)c(OC)c2)C3)ccc1O. The van der Waals surface area contributed by atoms with Crippen LogP contribution in [0.1, 0.15) is 68.4 Å². The molecule has 1 saturated carbocycles. The maximum Gasteiger partial charge on any atom is 0.337 e. The second-order valence-corrected chi connectivity index (χ2v) is 10.4. The van der Waals surface area contributed by atoms with Crippen molar-refractivity contribution in [1.29, 1.82) is 0 Å². The Morgan fingerprint density at radius 3 is 2.26 bits per heavy atom. The molecule has 0 amide bonds. The highest BCUT2D eigenvalue weighted by molar-refractivity contribution is 6.04. The van der Waals surface area contributed by atoms with Crippen molar-refractivity contribution in [2.75, 3.05) is 21.3 Å². The van der Waals surface area contributed by atoms with E-state index in [2.05, 4.69) is 5.32 Å². The standard InChI is InChI=1S/C31H35NO7/c1-17-28(31(35)39-21-7-5-6-8-21)29(19-9-11-23(33)26(16-19)37-3)30-22(32-17)13-20(14-24(30)34)18-10-12-25(36-2)27(15-18)38-4/h9-12,15-16,20-21,29,32-33H,5-8,13-14H2,1-4H3. The van der Waals surface area contributed by atoms with Crippen LogP contribution < -0.4 is 19.5 Å². The van der Waals surface area contributed by atoms with E-state index < -0.39 is 11.9 Å². The minimum absolute atomic E-state index is 0.0105. The minimum atomic E-state index is -0.636. The van der Waals surface area contributed by atoms with E-state index in [1.165, 1.54) is 13.2 Å². The number of ether oxygens (including phenoxy) is 4. The summed E-state index contributed by atoms with van der Waals surface area (Å²) >= 11 is 0. The lowest BCUT2D eigenvalue weighted by Crippen LogP contribution is -2.36. The monoisotopic (exact) mass is 533 g/mol. The highest BCUT2D eigenvalue weighted by Gasteiger charge is 2.42. The van der Waals surface area contributed by atoms with Crippen molar-refractivity contribution in [3.63, 3.8) is 0 Å². The number of aromatic hydroxyl groups is 1. The van der Waals surface area contributed by atoms with Crippen LogP contribution in [0.4, 0.5) is 0 Å². The lowest BCUT2D eigenvalue weighted by Gasteiger charge is -2.37. The first kappa shape index (κ1) is 26.7. The van der Waals surface area contributed by atoms with Crippen LogP contribution in [0.15, 0.2) is 58.9 Å². The third-order valence-electron chi connectivity index (χ3n) is 8.04. The molecule has 39 heavy (non-hydrogen) atoms. The molecule has 2 aliphatic carbocycles. The van der Waals surface area contributed by atoms with Crippen LogP contribution >= 0.6 is 0 Å². The van der Waals surface area contributed by atoms with E-state index in [1.54, 1.807) is 26.4 Å². The number of phenols is 1. The molecule has 0 bridgehead atoms. The van der Waals surface area contributed by atoms with Gasteiger partial charge >= 0.3 is 5.97 Å². The zero-order valence-electron chi connectivity index (χ0n) is 22.8. The van der Waals surface area contributed by atoms with Crippen molar-refractivity contribution in [1.82, 2.24) is 5.32 Å². The summed E-state index contributed by atoms with van der Waals surface area (Å²) in [6.45, 7) is 1.85. The number of allylic oxidation sites excluding steroid dienone is 3. The number of hydrogen-bond donors (Lipinski definition) is 2. The van der Waals surface area contributed by atoms with Crippen molar-refractivity contribution >= 4 is 11.8 Å². The number of dihydropyridines is 1. The third-order valence-corrected chi connectivity index (χ3v) is 8.04. The first-order valence-corrected chi connectivity index (χ1v) is 13.4. The molecule has 3 aliphatic rings. The molecule has 2 unspecified atom stereocenters. The van der Waals surface area contributed by atoms with E-state index in [9.17, 15) is 14.7 Å². The molecule has 0 radical (unpaired) electrons. The zero-order valence-corrected chi connectivity index (χ0v) is 22.8. The number of carbonyl (C=O) groups is 2. The highest BCUT2D eigenvalue weighted by Crippen LogP contribution is 2.47. The second-order valence-electron chi connectivity index (χ2n) is 10.4. The first-order valence-electron chi connectivity index (χ1n) is 13.4. The fourth-order valence-electron chi connectivity index (χ4n) is 6.08. The molecule has 2 aromatic rings. The Morgan fingerprint density at radius 2 is 1.56 bits per heavy atom. The molecule has 0 spiro atoms. The Balaban J connectivity index is 1.55. The van der Waals surface area contributed by atoms with Crippen LogP contribution in [0.3, 0.4) is 0 Å². The number of rotatable bonds is 7. The number of benzene rings is 2. The van der Waals surface area contributed by atoms with Gasteiger partial charge in [-0.25, -0.2) is 4.79 Å². The Hall–Kier alpha value is -3.94. The molecule has 2 N–H and O–H groups in total. The van der Waals surface area contributed by atoms with Gasteiger partial charge in [-0.05, 0) is 80.3 Å². The Morgan fingerprint density at radius 1 is 0.897 bits per heavy atom. The van der Waals surface area contributed by atoms with E-state index >= 15 is 0 Å². The number of methoxy groups -OCH3 is 3. The number of ketones is 1. The molecule has 1 heterocycles. The molecule has 5 rings (SSSR count). The molecule has 8 heteroatoms. The second kappa shape index (κ2) is 11.0. The van der Waals surface area contributed by atoms with Gasteiger partial charge < -0.3 is 29.4 Å². The molecule has 206 valence electrons. The number of Topliss-reactive ketones (excluding diaryl/α,β-unsaturated/α-hetero) is 1. The average molecular weight is 534 g/mol. The maximum absolute atomic E-state index is 13.9. The van der Waals surface area contributed by atoms with Gasteiger partial charge in [-0.15, -0.1) is 0 Å². The summed E-state index contributed by atoms with van der Waals surface area (Å²) in [6, 6.07) is 10.7. The lowest BCUT2D eigenvalue weighted by molar-refractivity contribution is -0.144. The van der Waals surface area contributed by atoms with Crippen LogP contribution in [-0.2, 0) is 14.3 Å². The van der Waals surface area contributed by atoms with Gasteiger partial charge in [-0.3, -0.25) is 4.79 Å². The van der Waals surface area contributed by atoms with Crippen molar-refractivity contribution in [2.24, 2.45) is 0 Å². The van der Waals surface area contributed by atoms with E-state index in [0.29, 0.717) is 40.3 Å². The summed E-state index contributed by atoms with van der Waals surface area (Å²) in [4.78, 5) is 27.5. The molecule has 2 aromatic carbocycles. The number of hydrogen-bond acceptors (Lipinski definition) is 8. The van der Waals surface area contributed by atoms with E-state index in [4.69, 9.17) is 18.9 Å². The average Bonchev–Trinajstić information content (AvgIpc) is 3.45. The fourth-order valence-corrected chi connectivity index (χ4v) is 6.08. The quantitative estimate of drug-likeness (QED) is 0.465. The van der Waals surface area contributed by atoms with Gasteiger partial charge in [0.25, 0.3) is 0 Å². The Labute approximate surface area is 228 Å². The summed E-state index contributed by atoms with van der Waals surface area (Å²) in [7, 11) is 4.66. The largest absolute Gasteiger partial charge is 0.504 e. The molecule has 1 aliphatic heterocycles. The number of nitrogens with one attached hydrogen (secondary N) is 1. The molecular formula is C31H35NO7. The van der Waals surface area contributed by atoms with E-state index in [-0.39, 0.29) is 35.7 Å². The summed E-state index contributed by atoms with van der Waals surface area (Å²) in [5.41, 5.74) is 4.10. The third kappa shape index (κ3) is 5.07. The molecule has 1 fully saturated rings. The highest BCUT2D eigenvalue weighted by atomic mass is 16.5. The van der Waals surface area contributed by atoms with Crippen LogP contribution in [-0.4, -0.2) is 44.3 Å². The van der Waals surface area contributed by atoms with Gasteiger partial charge in [0.15, 0.2) is 28.8 Å². The van der Waals surface area contributed by atoms with Crippen molar-refractivity contribution < 1.29 is 33.6 Å². The molecule has 0 saturated heterocycles. The van der Waals surface area contributed by atoms with Gasteiger partial charge in [0.05, 0.1) is 26.9 Å². The Kier molecular flexibility index (Phi) is 7.55. The van der Waals surface area contributed by atoms with Gasteiger partial charge in [0.2, 0.25) is 0 Å². The van der Waals surface area contributed by atoms with Gasteiger partial charge in [0.1, 0.15) is 6.10 Å². The van der Waals surface area contributed by atoms with Crippen LogP contribution in [0, 0.1) is 0 Å². The van der Waals surface area contributed by atoms with E-state index in [1.807, 2.05) is 25.1 Å². The smallest absolute Gasteiger partial charge is 0.337 e. The first-order chi connectivity index (χ1) is 18.8. The number of esters is 1. The maximum atomic E-state index is 13.9. The molecule has 0 aromatic heterocycles. The normalized spacial score (nSPS) is 21.4. The predicted molar refractivity (Wildman–Crippen MR) is 145 cm³/mol. The zero-order chi connectivity index (χ0) is 27.7. The van der Waals surface area contributed by atoms with Crippen molar-refractivity contribution in [2.45, 2.75) is 63.4 Å². The summed E-state index contributed by atoms with van der Waals surface area (Å²) in [5.74, 6) is 0.349. The van der Waals surface area contributed by atoms with Crippen LogP contribution in [0.25, 0.3) is 0 Å². The predicted octanol–water partition coefficient (Wildman–Crippen LogP) is 5.27. The number of phenolic OH excluding ortho intramolecular Hbond substituents is 1. The summed E-state index contributed by atoms with van der Waals surface area (Å²) in [5, 5.41) is 13.6. The fraction of sp³-hybridized carbons (Fsp3) is 0.419. The van der Waals surface area contributed by atoms with Gasteiger partial charge in [-0.1, -0.05) is 12.1 Å². The minimum Gasteiger partial charge on any atom is -0.504 e. The summed E-state index contributed by atoms with van der Waals surface area (Å²) < 4.78 is 22.2. The van der Waals surface area contributed by atoms with Crippen molar-refractivity contribution in [3.8, 4) is 23.0 Å². The topological polar surface area (TPSA) is 103 Å². The summed E-state index contributed by atoms with van der Waals surface area (Å²) in [6.07, 6.45) is 4.54.